The standard InChI is InChI=1S/C18H22ClN5OS/c19-13-6-1-2-8-15(13)24-17(23-10-3-4-11-23)21-22-18(24)26-12-16(25)14-7-5-9-20-14/h1-2,6,8,14,20H,3-5,7,9-12H2. The fourth-order valence-electron chi connectivity index (χ4n) is 3.52. The first-order valence-corrected chi connectivity index (χ1v) is 10.4. The Morgan fingerprint density at radius 2 is 2.04 bits per heavy atom. The molecule has 1 aromatic heterocycles. The maximum Gasteiger partial charge on any atom is 0.232 e. The molecular formula is C18H22ClN5OS. The van der Waals surface area contributed by atoms with E-state index in [1.165, 1.54) is 11.8 Å². The van der Waals surface area contributed by atoms with Crippen LogP contribution in [0.3, 0.4) is 0 Å². The molecule has 0 spiro atoms. The first-order valence-electron chi connectivity index (χ1n) is 9.08. The first kappa shape index (κ1) is 17.8. The van der Waals surface area contributed by atoms with Crippen LogP contribution < -0.4 is 10.2 Å². The molecule has 0 saturated carbocycles. The molecule has 4 rings (SSSR count). The third-order valence-electron chi connectivity index (χ3n) is 4.89. The van der Waals surface area contributed by atoms with Crippen molar-refractivity contribution in [3.8, 4) is 5.69 Å². The number of ketones is 1. The number of nitrogens with one attached hydrogen (secondary N) is 1. The number of nitrogens with zero attached hydrogens (tertiary/aromatic N) is 4. The molecule has 6 nitrogen and oxygen atoms in total. The van der Waals surface area contributed by atoms with E-state index in [-0.39, 0.29) is 11.8 Å². The highest BCUT2D eigenvalue weighted by Gasteiger charge is 2.26. The average Bonchev–Trinajstić information content (AvgIpc) is 3.40. The number of halogens is 1. The van der Waals surface area contributed by atoms with Gasteiger partial charge in [-0.3, -0.25) is 9.36 Å². The van der Waals surface area contributed by atoms with Gasteiger partial charge in [-0.1, -0.05) is 35.5 Å². The summed E-state index contributed by atoms with van der Waals surface area (Å²) in [6.07, 6.45) is 4.30. The molecule has 2 fully saturated rings. The molecule has 8 heteroatoms. The molecule has 138 valence electrons. The van der Waals surface area contributed by atoms with Crippen LogP contribution in [0, 0.1) is 0 Å². The zero-order valence-electron chi connectivity index (χ0n) is 14.5. The largest absolute Gasteiger partial charge is 0.341 e. The average molecular weight is 392 g/mol. The van der Waals surface area contributed by atoms with E-state index in [9.17, 15) is 4.79 Å². The van der Waals surface area contributed by atoms with E-state index in [0.29, 0.717) is 15.9 Å². The zero-order valence-corrected chi connectivity index (χ0v) is 16.1. The van der Waals surface area contributed by atoms with Gasteiger partial charge < -0.3 is 10.2 Å². The topological polar surface area (TPSA) is 63.1 Å². The monoisotopic (exact) mass is 391 g/mol. The third kappa shape index (κ3) is 3.61. The summed E-state index contributed by atoms with van der Waals surface area (Å²) < 4.78 is 1.99. The van der Waals surface area contributed by atoms with E-state index in [1.807, 2.05) is 28.8 Å². The van der Waals surface area contributed by atoms with Gasteiger partial charge in [0, 0.05) is 13.1 Å². The lowest BCUT2D eigenvalue weighted by atomic mass is 10.2. The summed E-state index contributed by atoms with van der Waals surface area (Å²) in [6.45, 7) is 2.87. The summed E-state index contributed by atoms with van der Waals surface area (Å²) in [5, 5.41) is 13.4. The summed E-state index contributed by atoms with van der Waals surface area (Å²) in [7, 11) is 0. The van der Waals surface area contributed by atoms with Gasteiger partial charge in [0.05, 0.1) is 22.5 Å². The van der Waals surface area contributed by atoms with Gasteiger partial charge in [-0.05, 0) is 44.4 Å². The summed E-state index contributed by atoms with van der Waals surface area (Å²) in [5.74, 6) is 1.42. The van der Waals surface area contributed by atoms with Gasteiger partial charge in [0.25, 0.3) is 0 Å². The number of carbonyl (C=O) groups excluding carboxylic acids is 1. The van der Waals surface area contributed by atoms with Crippen molar-refractivity contribution in [1.82, 2.24) is 20.1 Å². The predicted octanol–water partition coefficient (Wildman–Crippen LogP) is 2.93. The number of benzene rings is 1. The van der Waals surface area contributed by atoms with E-state index in [1.54, 1.807) is 0 Å². The van der Waals surface area contributed by atoms with Crippen LogP contribution in [-0.2, 0) is 4.79 Å². The van der Waals surface area contributed by atoms with Crippen LogP contribution in [0.15, 0.2) is 29.4 Å². The molecule has 0 aliphatic carbocycles. The zero-order chi connectivity index (χ0) is 17.9. The number of rotatable bonds is 6. The Balaban J connectivity index is 1.61. The Kier molecular flexibility index (Phi) is 5.47. The van der Waals surface area contributed by atoms with Crippen molar-refractivity contribution in [1.29, 1.82) is 0 Å². The summed E-state index contributed by atoms with van der Waals surface area (Å²) in [6, 6.07) is 7.69. The second-order valence-electron chi connectivity index (χ2n) is 6.67. The molecule has 2 aliphatic rings. The second kappa shape index (κ2) is 7.98. The van der Waals surface area contributed by atoms with E-state index in [2.05, 4.69) is 20.4 Å². The molecule has 0 radical (unpaired) electrons. The molecule has 1 atom stereocenters. The second-order valence-corrected chi connectivity index (χ2v) is 8.02. The van der Waals surface area contributed by atoms with Gasteiger partial charge in [-0.15, -0.1) is 10.2 Å². The van der Waals surface area contributed by atoms with Gasteiger partial charge >= 0.3 is 0 Å². The minimum absolute atomic E-state index is 0.0164. The number of Topliss-reactive ketones (excluding diaryl/α,β-unsaturated/α-hetero) is 1. The molecule has 1 aromatic carbocycles. The fourth-order valence-corrected chi connectivity index (χ4v) is 4.62. The number of thioether (sulfide) groups is 1. The number of aromatic nitrogens is 3. The Morgan fingerprint density at radius 3 is 2.77 bits per heavy atom. The SMILES string of the molecule is O=C(CSc1nnc(N2CCCC2)n1-c1ccccc1Cl)C1CCCN1. The maximum absolute atomic E-state index is 12.4. The van der Waals surface area contributed by atoms with Crippen molar-refractivity contribution in [2.75, 3.05) is 30.3 Å². The van der Waals surface area contributed by atoms with Crippen LogP contribution in [-0.4, -0.2) is 52.0 Å². The fraction of sp³-hybridized carbons (Fsp3) is 0.500. The lowest BCUT2D eigenvalue weighted by Crippen LogP contribution is -2.32. The Labute approximate surface area is 162 Å². The highest BCUT2D eigenvalue weighted by molar-refractivity contribution is 7.99. The van der Waals surface area contributed by atoms with Gasteiger partial charge in [0.1, 0.15) is 0 Å². The number of hydrogen-bond acceptors (Lipinski definition) is 6. The molecule has 2 aliphatic heterocycles. The van der Waals surface area contributed by atoms with Crippen molar-refractivity contribution in [2.45, 2.75) is 36.9 Å². The first-order chi connectivity index (χ1) is 12.7. The molecule has 26 heavy (non-hydrogen) atoms. The normalized spacial score (nSPS) is 20.0. The highest BCUT2D eigenvalue weighted by atomic mass is 35.5. The van der Waals surface area contributed by atoms with Gasteiger partial charge in [-0.25, -0.2) is 0 Å². The number of anilines is 1. The number of para-hydroxylation sites is 1. The van der Waals surface area contributed by atoms with Crippen LogP contribution in [0.2, 0.25) is 5.02 Å². The van der Waals surface area contributed by atoms with Crippen LogP contribution in [0.5, 0.6) is 0 Å². The van der Waals surface area contributed by atoms with Crippen molar-refractivity contribution in [2.24, 2.45) is 0 Å². The van der Waals surface area contributed by atoms with Crippen molar-refractivity contribution in [3.63, 3.8) is 0 Å². The van der Waals surface area contributed by atoms with E-state index in [4.69, 9.17) is 11.6 Å². The van der Waals surface area contributed by atoms with Crippen LogP contribution in [0.25, 0.3) is 5.69 Å². The molecule has 1 unspecified atom stereocenters. The van der Waals surface area contributed by atoms with Gasteiger partial charge in [-0.2, -0.15) is 0 Å². The molecule has 3 heterocycles. The van der Waals surface area contributed by atoms with E-state index in [0.717, 1.165) is 57.0 Å². The van der Waals surface area contributed by atoms with E-state index >= 15 is 0 Å². The van der Waals surface area contributed by atoms with Gasteiger partial charge in [0.2, 0.25) is 5.95 Å². The minimum Gasteiger partial charge on any atom is -0.341 e. The summed E-state index contributed by atoms with van der Waals surface area (Å²) in [4.78, 5) is 14.7. The molecular weight excluding hydrogens is 370 g/mol. The lowest BCUT2D eigenvalue weighted by molar-refractivity contribution is -0.118. The van der Waals surface area contributed by atoms with Crippen LogP contribution in [0.1, 0.15) is 25.7 Å². The van der Waals surface area contributed by atoms with Crippen molar-refractivity contribution >= 4 is 35.1 Å². The Hall–Kier alpha value is -1.57. The lowest BCUT2D eigenvalue weighted by Gasteiger charge is -2.19. The van der Waals surface area contributed by atoms with Crippen LogP contribution in [0.4, 0.5) is 5.95 Å². The third-order valence-corrected chi connectivity index (χ3v) is 6.16. The minimum atomic E-state index is -0.0164. The van der Waals surface area contributed by atoms with Crippen LogP contribution >= 0.6 is 23.4 Å². The van der Waals surface area contributed by atoms with Gasteiger partial charge in [0.15, 0.2) is 10.9 Å². The predicted molar refractivity (Wildman–Crippen MR) is 105 cm³/mol. The highest BCUT2D eigenvalue weighted by Crippen LogP contribution is 2.32. The number of carbonyl (C=O) groups is 1. The number of hydrogen-bond donors (Lipinski definition) is 1. The molecule has 0 amide bonds. The smallest absolute Gasteiger partial charge is 0.232 e. The van der Waals surface area contributed by atoms with E-state index < -0.39 is 0 Å². The summed E-state index contributed by atoms with van der Waals surface area (Å²) >= 11 is 7.89. The molecule has 1 N–H and O–H groups in total. The molecule has 0 bridgehead atoms. The Morgan fingerprint density at radius 1 is 1.23 bits per heavy atom. The summed E-state index contributed by atoms with van der Waals surface area (Å²) in [5.41, 5.74) is 0.856. The Bertz CT molecular complexity index is 784. The maximum atomic E-state index is 12.4. The quantitative estimate of drug-likeness (QED) is 0.764. The van der Waals surface area contributed by atoms with Crippen molar-refractivity contribution < 1.29 is 4.79 Å². The van der Waals surface area contributed by atoms with Crippen molar-refractivity contribution in [3.05, 3.63) is 29.3 Å². The molecule has 2 saturated heterocycles. The molecule has 2 aromatic rings.